The third-order valence-electron chi connectivity index (χ3n) is 0.975. The molecule has 8 heavy (non-hydrogen) atoms. The standard InChI is InChI=1S/C5H3FN.Sn.3H/c6-5-2-1-3-7-4-5;;;;/h1,3-4H;;;;. The quantitative estimate of drug-likeness (QED) is 0.520. The van der Waals surface area contributed by atoms with E-state index in [1.165, 1.54) is 6.20 Å². The summed E-state index contributed by atoms with van der Waals surface area (Å²) >= 11 is 0.278. The fourth-order valence-corrected chi connectivity index (χ4v) is 1.24. The van der Waals surface area contributed by atoms with Crippen LogP contribution in [0.3, 0.4) is 0 Å². The van der Waals surface area contributed by atoms with Crippen LogP contribution in [0.15, 0.2) is 18.5 Å². The van der Waals surface area contributed by atoms with Gasteiger partial charge < -0.3 is 0 Å². The van der Waals surface area contributed by atoms with Crippen LogP contribution >= 0.6 is 0 Å². The Morgan fingerprint density at radius 2 is 2.38 bits per heavy atom. The normalized spacial score (nSPS) is 9.62. The summed E-state index contributed by atoms with van der Waals surface area (Å²) in [7, 11) is 0. The summed E-state index contributed by atoms with van der Waals surface area (Å²) in [5, 5.41) is 0. The second-order valence-corrected chi connectivity index (χ2v) is 4.70. The first kappa shape index (κ1) is 6.01. The maximum atomic E-state index is 12.3. The van der Waals surface area contributed by atoms with Gasteiger partial charge in [0.2, 0.25) is 0 Å². The molecule has 0 unspecified atom stereocenters. The molecule has 0 aliphatic carbocycles. The van der Waals surface area contributed by atoms with E-state index in [1.807, 2.05) is 0 Å². The minimum atomic E-state index is -0.150. The maximum absolute atomic E-state index is 12.3. The van der Waals surface area contributed by atoms with Crippen molar-refractivity contribution in [3.63, 3.8) is 0 Å². The molecule has 1 heterocycles. The van der Waals surface area contributed by atoms with E-state index in [-0.39, 0.29) is 28.3 Å². The first-order valence-electron chi connectivity index (χ1n) is 2.37. The molecular formula is C5H6FNSn. The van der Waals surface area contributed by atoms with E-state index >= 15 is 0 Å². The van der Waals surface area contributed by atoms with Gasteiger partial charge in [0.25, 0.3) is 0 Å². The first-order chi connectivity index (χ1) is 3.80. The topological polar surface area (TPSA) is 12.9 Å². The van der Waals surface area contributed by atoms with E-state index in [2.05, 4.69) is 4.98 Å². The van der Waals surface area contributed by atoms with Crippen LogP contribution in [0.2, 0.25) is 0 Å². The van der Waals surface area contributed by atoms with Gasteiger partial charge in [0, 0.05) is 0 Å². The van der Waals surface area contributed by atoms with Gasteiger partial charge in [-0.05, 0) is 0 Å². The first-order valence-corrected chi connectivity index (χ1v) is 5.22. The number of hydrogen-bond acceptors (Lipinski definition) is 1. The van der Waals surface area contributed by atoms with Crippen molar-refractivity contribution >= 4 is 26.1 Å². The van der Waals surface area contributed by atoms with E-state index in [0.29, 0.717) is 0 Å². The molecule has 1 nitrogen and oxygen atoms in total. The summed E-state index contributed by atoms with van der Waals surface area (Å²) < 4.78 is 13.2. The van der Waals surface area contributed by atoms with E-state index in [9.17, 15) is 4.39 Å². The monoisotopic (exact) mass is 219 g/mol. The van der Waals surface area contributed by atoms with Gasteiger partial charge in [0.05, 0.1) is 0 Å². The Bertz CT molecular complexity index is 169. The molecule has 0 amide bonds. The summed E-state index contributed by atoms with van der Waals surface area (Å²) in [6.45, 7) is 0. The van der Waals surface area contributed by atoms with Crippen LogP contribution < -0.4 is 3.58 Å². The van der Waals surface area contributed by atoms with Crippen molar-refractivity contribution in [2.45, 2.75) is 0 Å². The average molecular weight is 218 g/mol. The summed E-state index contributed by atoms with van der Waals surface area (Å²) in [6, 6.07) is 1.73. The SMILES string of the molecule is Fc1cncc[c]1[SnH3]. The molecule has 1 aromatic rings. The Kier molecular flexibility index (Phi) is 1.83. The number of rotatable bonds is 0. The summed E-state index contributed by atoms with van der Waals surface area (Å²) in [4.78, 5) is 3.60. The van der Waals surface area contributed by atoms with Gasteiger partial charge in [-0.15, -0.1) is 0 Å². The molecule has 0 aromatic carbocycles. The molecule has 0 saturated heterocycles. The molecular weight excluding hydrogens is 212 g/mol. The van der Waals surface area contributed by atoms with Crippen molar-refractivity contribution in [2.75, 3.05) is 0 Å². The van der Waals surface area contributed by atoms with Crippen LogP contribution in [-0.2, 0) is 0 Å². The molecule has 1 aromatic heterocycles. The predicted octanol–water partition coefficient (Wildman–Crippen LogP) is -0.789. The molecule has 0 N–H and O–H groups in total. The van der Waals surface area contributed by atoms with Crippen molar-refractivity contribution in [1.82, 2.24) is 4.98 Å². The Morgan fingerprint density at radius 3 is 2.75 bits per heavy atom. The molecule has 0 saturated carbocycles. The summed E-state index contributed by atoms with van der Waals surface area (Å²) in [6.07, 6.45) is 2.88. The number of pyridine rings is 1. The fourth-order valence-electron chi connectivity index (χ4n) is 0.445. The molecule has 0 atom stereocenters. The molecule has 0 aliphatic heterocycles. The third-order valence-corrected chi connectivity index (χ3v) is 3.29. The van der Waals surface area contributed by atoms with Crippen molar-refractivity contribution in [3.8, 4) is 0 Å². The number of hydrogen-bond donors (Lipinski definition) is 0. The number of nitrogens with zero attached hydrogens (tertiary/aromatic N) is 1. The summed E-state index contributed by atoms with van der Waals surface area (Å²) in [5.74, 6) is -0.150. The van der Waals surface area contributed by atoms with E-state index in [0.717, 1.165) is 3.58 Å². The van der Waals surface area contributed by atoms with Crippen molar-refractivity contribution in [1.29, 1.82) is 0 Å². The van der Waals surface area contributed by atoms with Crippen LogP contribution in [-0.4, -0.2) is 27.5 Å². The van der Waals surface area contributed by atoms with Gasteiger partial charge in [-0.1, -0.05) is 0 Å². The van der Waals surface area contributed by atoms with Gasteiger partial charge in [-0.2, -0.15) is 0 Å². The second-order valence-electron chi connectivity index (χ2n) is 1.62. The van der Waals surface area contributed by atoms with E-state index in [4.69, 9.17) is 0 Å². The van der Waals surface area contributed by atoms with Gasteiger partial charge in [0.15, 0.2) is 0 Å². The average Bonchev–Trinajstić information content (AvgIpc) is 1.77. The molecule has 0 radical (unpaired) electrons. The second kappa shape index (κ2) is 2.44. The number of aromatic nitrogens is 1. The fraction of sp³-hybridized carbons (Fsp3) is 0. The van der Waals surface area contributed by atoms with Crippen molar-refractivity contribution in [3.05, 3.63) is 24.3 Å². The Labute approximate surface area is 60.0 Å². The van der Waals surface area contributed by atoms with Crippen molar-refractivity contribution in [2.24, 2.45) is 0 Å². The van der Waals surface area contributed by atoms with Crippen LogP contribution in [0.5, 0.6) is 0 Å². The zero-order chi connectivity index (χ0) is 5.98. The zero-order valence-corrected chi connectivity index (χ0v) is 10.3. The van der Waals surface area contributed by atoms with Gasteiger partial charge in [-0.25, -0.2) is 0 Å². The van der Waals surface area contributed by atoms with E-state index in [1.54, 1.807) is 12.3 Å². The molecule has 0 fully saturated rings. The Morgan fingerprint density at radius 1 is 1.62 bits per heavy atom. The Hall–Kier alpha value is -0.121. The molecule has 0 spiro atoms. The molecule has 3 heteroatoms. The van der Waals surface area contributed by atoms with Crippen LogP contribution in [0.1, 0.15) is 0 Å². The minimum absolute atomic E-state index is 0.150. The predicted molar refractivity (Wildman–Crippen MR) is 33.8 cm³/mol. The van der Waals surface area contributed by atoms with E-state index < -0.39 is 0 Å². The molecule has 1 rings (SSSR count). The number of halogens is 1. The van der Waals surface area contributed by atoms with Crippen LogP contribution in [0, 0.1) is 5.82 Å². The van der Waals surface area contributed by atoms with Crippen molar-refractivity contribution < 1.29 is 4.39 Å². The molecule has 0 aliphatic rings. The molecule has 42 valence electrons. The third kappa shape index (κ3) is 1.18. The Balaban J connectivity index is 3.13. The van der Waals surface area contributed by atoms with Gasteiger partial charge in [0.1, 0.15) is 0 Å². The van der Waals surface area contributed by atoms with Gasteiger partial charge in [-0.3, -0.25) is 0 Å². The zero-order valence-electron chi connectivity index (χ0n) is 4.56. The van der Waals surface area contributed by atoms with Crippen LogP contribution in [0.4, 0.5) is 4.39 Å². The van der Waals surface area contributed by atoms with Gasteiger partial charge >= 0.3 is 59.8 Å². The molecule has 0 bridgehead atoms. The summed E-state index contributed by atoms with van der Waals surface area (Å²) in [5.41, 5.74) is 0. The van der Waals surface area contributed by atoms with Crippen LogP contribution in [0.25, 0.3) is 0 Å².